The second-order valence-corrected chi connectivity index (χ2v) is 5.13. The number of hydrogen-bond acceptors (Lipinski definition) is 4. The van der Waals surface area contributed by atoms with Gasteiger partial charge in [0.2, 0.25) is 0 Å². The first-order valence-electron chi connectivity index (χ1n) is 7.16. The van der Waals surface area contributed by atoms with Gasteiger partial charge in [-0.2, -0.15) is 0 Å². The Morgan fingerprint density at radius 1 is 1.09 bits per heavy atom. The fourth-order valence-electron chi connectivity index (χ4n) is 1.95. The average molecular weight is 300 g/mol. The molecular weight excluding hydrogens is 280 g/mol. The lowest BCUT2D eigenvalue weighted by molar-refractivity contribution is 0.0624. The van der Waals surface area contributed by atoms with E-state index >= 15 is 0 Å². The van der Waals surface area contributed by atoms with Gasteiger partial charge in [-0.25, -0.2) is 0 Å². The molecule has 0 fully saturated rings. The minimum atomic E-state index is -0.749. The maximum absolute atomic E-state index is 11.3. The van der Waals surface area contributed by atoms with Gasteiger partial charge in [0.25, 0.3) is 0 Å². The first-order valence-corrected chi connectivity index (χ1v) is 7.16. The fourth-order valence-corrected chi connectivity index (χ4v) is 1.95. The highest BCUT2D eigenvalue weighted by molar-refractivity contribution is 5.94. The summed E-state index contributed by atoms with van der Waals surface area (Å²) in [6, 6.07) is 14.5. The first kappa shape index (κ1) is 16.0. The SMILES string of the molecule is CC(=O)c1cccc(OCC(O)COc2ccccc2C)c1. The Morgan fingerprint density at radius 3 is 2.55 bits per heavy atom. The van der Waals surface area contributed by atoms with Crippen LogP contribution in [0.15, 0.2) is 48.5 Å². The van der Waals surface area contributed by atoms with Crippen LogP contribution in [0.2, 0.25) is 0 Å². The van der Waals surface area contributed by atoms with E-state index < -0.39 is 6.10 Å². The number of aliphatic hydroxyl groups excluding tert-OH is 1. The molecule has 2 aromatic carbocycles. The van der Waals surface area contributed by atoms with Crippen molar-refractivity contribution in [1.29, 1.82) is 0 Å². The number of carbonyl (C=O) groups is 1. The molecule has 1 N–H and O–H groups in total. The highest BCUT2D eigenvalue weighted by Crippen LogP contribution is 2.17. The van der Waals surface area contributed by atoms with Gasteiger partial charge in [-0.15, -0.1) is 0 Å². The number of ether oxygens (including phenoxy) is 2. The summed E-state index contributed by atoms with van der Waals surface area (Å²) in [7, 11) is 0. The summed E-state index contributed by atoms with van der Waals surface area (Å²) in [5.74, 6) is 1.29. The zero-order valence-electron chi connectivity index (χ0n) is 12.8. The standard InChI is InChI=1S/C18H20O4/c1-13-6-3-4-9-18(13)22-12-16(20)11-21-17-8-5-7-15(10-17)14(2)19/h3-10,16,20H,11-12H2,1-2H3. The second kappa shape index (κ2) is 7.61. The van der Waals surface area contributed by atoms with Crippen LogP contribution in [-0.4, -0.2) is 30.2 Å². The summed E-state index contributed by atoms with van der Waals surface area (Å²) in [5, 5.41) is 9.92. The van der Waals surface area contributed by atoms with Crippen LogP contribution in [-0.2, 0) is 0 Å². The predicted molar refractivity (Wildman–Crippen MR) is 84.6 cm³/mol. The maximum Gasteiger partial charge on any atom is 0.159 e. The minimum absolute atomic E-state index is 0.0196. The predicted octanol–water partition coefficient (Wildman–Crippen LogP) is 3.02. The Balaban J connectivity index is 1.83. The van der Waals surface area contributed by atoms with Crippen molar-refractivity contribution in [2.75, 3.05) is 13.2 Å². The van der Waals surface area contributed by atoms with Crippen LogP contribution in [0.5, 0.6) is 11.5 Å². The molecular formula is C18H20O4. The number of aliphatic hydroxyl groups is 1. The smallest absolute Gasteiger partial charge is 0.159 e. The molecule has 22 heavy (non-hydrogen) atoms. The van der Waals surface area contributed by atoms with E-state index in [-0.39, 0.29) is 19.0 Å². The number of aryl methyl sites for hydroxylation is 1. The number of carbonyl (C=O) groups excluding carboxylic acids is 1. The number of benzene rings is 2. The van der Waals surface area contributed by atoms with Crippen molar-refractivity contribution in [3.8, 4) is 11.5 Å². The van der Waals surface area contributed by atoms with Crippen LogP contribution in [0.25, 0.3) is 0 Å². The molecule has 4 nitrogen and oxygen atoms in total. The molecule has 0 amide bonds. The van der Waals surface area contributed by atoms with Gasteiger partial charge in [-0.05, 0) is 37.6 Å². The Labute approximate surface area is 130 Å². The highest BCUT2D eigenvalue weighted by atomic mass is 16.5. The van der Waals surface area contributed by atoms with Crippen molar-refractivity contribution in [2.45, 2.75) is 20.0 Å². The quantitative estimate of drug-likeness (QED) is 0.799. The lowest BCUT2D eigenvalue weighted by Crippen LogP contribution is -2.25. The third kappa shape index (κ3) is 4.60. The molecule has 0 aliphatic carbocycles. The van der Waals surface area contributed by atoms with E-state index in [2.05, 4.69) is 0 Å². The largest absolute Gasteiger partial charge is 0.491 e. The van der Waals surface area contributed by atoms with E-state index in [0.29, 0.717) is 11.3 Å². The molecule has 0 spiro atoms. The number of ketones is 1. The molecule has 0 aromatic heterocycles. The van der Waals surface area contributed by atoms with E-state index in [1.54, 1.807) is 24.3 Å². The van der Waals surface area contributed by atoms with E-state index in [1.807, 2.05) is 31.2 Å². The Morgan fingerprint density at radius 2 is 1.82 bits per heavy atom. The van der Waals surface area contributed by atoms with Gasteiger partial charge in [0, 0.05) is 5.56 Å². The molecule has 0 saturated heterocycles. The Hall–Kier alpha value is -2.33. The third-order valence-electron chi connectivity index (χ3n) is 3.21. The monoisotopic (exact) mass is 300 g/mol. The van der Waals surface area contributed by atoms with E-state index in [1.165, 1.54) is 6.92 Å². The molecule has 4 heteroatoms. The van der Waals surface area contributed by atoms with E-state index in [9.17, 15) is 9.90 Å². The lowest BCUT2D eigenvalue weighted by Gasteiger charge is -2.15. The maximum atomic E-state index is 11.3. The van der Waals surface area contributed by atoms with Gasteiger partial charge >= 0.3 is 0 Å². The molecule has 2 rings (SSSR count). The van der Waals surface area contributed by atoms with Crippen molar-refractivity contribution in [2.24, 2.45) is 0 Å². The average Bonchev–Trinajstić information content (AvgIpc) is 2.52. The topological polar surface area (TPSA) is 55.8 Å². The summed E-state index contributed by atoms with van der Waals surface area (Å²) in [5.41, 5.74) is 1.60. The molecule has 0 aliphatic heterocycles. The Bertz CT molecular complexity index is 636. The van der Waals surface area contributed by atoms with Crippen LogP contribution in [0, 0.1) is 6.92 Å². The number of rotatable bonds is 7. The molecule has 1 unspecified atom stereocenters. The molecule has 2 aromatic rings. The van der Waals surface area contributed by atoms with Crippen LogP contribution in [0.1, 0.15) is 22.8 Å². The van der Waals surface area contributed by atoms with Crippen LogP contribution >= 0.6 is 0 Å². The fraction of sp³-hybridized carbons (Fsp3) is 0.278. The Kier molecular flexibility index (Phi) is 5.55. The normalized spacial score (nSPS) is 11.8. The summed E-state index contributed by atoms with van der Waals surface area (Å²) in [6.07, 6.45) is -0.749. The van der Waals surface area contributed by atoms with E-state index in [0.717, 1.165) is 11.3 Å². The third-order valence-corrected chi connectivity index (χ3v) is 3.21. The molecule has 1 atom stereocenters. The highest BCUT2D eigenvalue weighted by Gasteiger charge is 2.08. The van der Waals surface area contributed by atoms with Gasteiger partial charge in [0.15, 0.2) is 5.78 Å². The van der Waals surface area contributed by atoms with Gasteiger partial charge < -0.3 is 14.6 Å². The van der Waals surface area contributed by atoms with Crippen molar-refractivity contribution in [3.63, 3.8) is 0 Å². The second-order valence-electron chi connectivity index (χ2n) is 5.13. The molecule has 0 saturated carbocycles. The van der Waals surface area contributed by atoms with Crippen LogP contribution < -0.4 is 9.47 Å². The summed E-state index contributed by atoms with van der Waals surface area (Å²) in [6.45, 7) is 3.71. The summed E-state index contributed by atoms with van der Waals surface area (Å²) >= 11 is 0. The van der Waals surface area contributed by atoms with Gasteiger partial charge in [-0.1, -0.05) is 30.3 Å². The zero-order valence-corrected chi connectivity index (χ0v) is 12.8. The van der Waals surface area contributed by atoms with Crippen molar-refractivity contribution in [1.82, 2.24) is 0 Å². The van der Waals surface area contributed by atoms with Crippen LogP contribution in [0.3, 0.4) is 0 Å². The molecule has 0 radical (unpaired) electrons. The number of para-hydroxylation sites is 1. The van der Waals surface area contributed by atoms with Gasteiger partial charge in [-0.3, -0.25) is 4.79 Å². The number of hydrogen-bond donors (Lipinski definition) is 1. The summed E-state index contributed by atoms with van der Waals surface area (Å²) in [4.78, 5) is 11.3. The zero-order chi connectivity index (χ0) is 15.9. The molecule has 0 aliphatic rings. The van der Waals surface area contributed by atoms with Crippen LogP contribution in [0.4, 0.5) is 0 Å². The molecule has 0 bridgehead atoms. The van der Waals surface area contributed by atoms with Crippen molar-refractivity contribution >= 4 is 5.78 Å². The molecule has 0 heterocycles. The van der Waals surface area contributed by atoms with Gasteiger partial charge in [0.1, 0.15) is 30.8 Å². The van der Waals surface area contributed by atoms with Crippen molar-refractivity contribution in [3.05, 3.63) is 59.7 Å². The summed E-state index contributed by atoms with van der Waals surface area (Å²) < 4.78 is 11.1. The van der Waals surface area contributed by atoms with Crippen molar-refractivity contribution < 1.29 is 19.4 Å². The minimum Gasteiger partial charge on any atom is -0.491 e. The van der Waals surface area contributed by atoms with E-state index in [4.69, 9.17) is 9.47 Å². The molecule has 116 valence electrons. The number of Topliss-reactive ketones (excluding diaryl/α,β-unsaturated/α-hetero) is 1. The van der Waals surface area contributed by atoms with Gasteiger partial charge in [0.05, 0.1) is 0 Å². The lowest BCUT2D eigenvalue weighted by atomic mass is 10.1. The first-order chi connectivity index (χ1) is 10.6.